The van der Waals surface area contributed by atoms with Crippen molar-refractivity contribution in [1.82, 2.24) is 19.9 Å². The van der Waals surface area contributed by atoms with Gasteiger partial charge in [0.25, 0.3) is 0 Å². The van der Waals surface area contributed by atoms with E-state index in [1.807, 2.05) is 62.4 Å². The van der Waals surface area contributed by atoms with Crippen LogP contribution in [-0.2, 0) is 12.3 Å². The Bertz CT molecular complexity index is 802. The minimum absolute atomic E-state index is 0.973. The van der Waals surface area contributed by atoms with Crippen molar-refractivity contribution in [2.24, 2.45) is 0 Å². The third kappa shape index (κ3) is 7.57. The summed E-state index contributed by atoms with van der Waals surface area (Å²) in [5.74, 6) is 1.95. The van der Waals surface area contributed by atoms with E-state index in [2.05, 4.69) is 19.9 Å². The summed E-state index contributed by atoms with van der Waals surface area (Å²) in [5, 5.41) is 0. The fourth-order valence-electron chi connectivity index (χ4n) is 2.16. The maximum atomic E-state index is 5.01. The van der Waals surface area contributed by atoms with Crippen LogP contribution in [0.3, 0.4) is 0 Å². The van der Waals surface area contributed by atoms with E-state index >= 15 is 0 Å². The summed E-state index contributed by atoms with van der Waals surface area (Å²) >= 11 is -3.11. The van der Waals surface area contributed by atoms with Gasteiger partial charge in [0.2, 0.25) is 0 Å². The number of imidazole rings is 2. The van der Waals surface area contributed by atoms with E-state index in [4.69, 9.17) is 37.2 Å². The third-order valence-electron chi connectivity index (χ3n) is 3.02. The molecule has 0 aliphatic carbocycles. The summed E-state index contributed by atoms with van der Waals surface area (Å²) in [6, 6.07) is 16.0. The summed E-state index contributed by atoms with van der Waals surface area (Å²) in [5.41, 5.74) is 4.31. The Hall–Kier alpha value is -0.746. The molecular formula is C16H16Cl4N4Ti. The number of aromatic amines is 2. The average Bonchev–Trinajstić information content (AvgIpc) is 3.06. The van der Waals surface area contributed by atoms with E-state index in [0.29, 0.717) is 0 Å². The number of nitrogens with one attached hydrogen (secondary N) is 2. The molecule has 0 amide bonds. The second kappa shape index (κ2) is 9.27. The van der Waals surface area contributed by atoms with Crippen molar-refractivity contribution in [3.8, 4) is 0 Å². The van der Waals surface area contributed by atoms with Gasteiger partial charge in [-0.25, -0.2) is 9.97 Å². The quantitative estimate of drug-likeness (QED) is 0.298. The summed E-state index contributed by atoms with van der Waals surface area (Å²) in [4.78, 5) is 14.8. The van der Waals surface area contributed by atoms with Crippen molar-refractivity contribution in [2.45, 2.75) is 13.8 Å². The van der Waals surface area contributed by atoms with E-state index in [1.165, 1.54) is 0 Å². The van der Waals surface area contributed by atoms with Gasteiger partial charge < -0.3 is 9.97 Å². The Balaban J connectivity index is 0.000000144. The van der Waals surface area contributed by atoms with E-state index in [1.54, 1.807) is 0 Å². The van der Waals surface area contributed by atoms with Crippen LogP contribution in [0.4, 0.5) is 0 Å². The van der Waals surface area contributed by atoms with Crippen molar-refractivity contribution in [2.75, 3.05) is 0 Å². The maximum absolute atomic E-state index is 5.01. The summed E-state index contributed by atoms with van der Waals surface area (Å²) < 4.78 is 0. The topological polar surface area (TPSA) is 57.4 Å². The molecule has 0 radical (unpaired) electrons. The number of fused-ring (bicyclic) bond motifs is 2. The molecule has 9 heteroatoms. The van der Waals surface area contributed by atoms with Gasteiger partial charge in [-0.05, 0) is 38.1 Å². The Morgan fingerprint density at radius 3 is 1.32 bits per heavy atom. The molecule has 0 fully saturated rings. The van der Waals surface area contributed by atoms with E-state index in [-0.39, 0.29) is 0 Å². The van der Waals surface area contributed by atoms with Gasteiger partial charge in [0.15, 0.2) is 0 Å². The Morgan fingerprint density at radius 1 is 0.680 bits per heavy atom. The second-order valence-electron chi connectivity index (χ2n) is 5.11. The molecule has 25 heavy (non-hydrogen) atoms. The first kappa shape index (κ1) is 20.6. The van der Waals surface area contributed by atoms with Gasteiger partial charge in [-0.3, -0.25) is 0 Å². The number of halogens is 4. The van der Waals surface area contributed by atoms with Crippen molar-refractivity contribution < 1.29 is 12.3 Å². The molecule has 0 atom stereocenters. The van der Waals surface area contributed by atoms with Crippen LogP contribution >= 0.6 is 37.2 Å². The minimum atomic E-state index is -3.11. The van der Waals surface area contributed by atoms with Crippen LogP contribution in [0, 0.1) is 13.8 Å². The molecule has 0 saturated heterocycles. The Morgan fingerprint density at radius 2 is 1.00 bits per heavy atom. The molecule has 0 saturated carbocycles. The van der Waals surface area contributed by atoms with Crippen molar-refractivity contribution in [1.29, 1.82) is 0 Å². The molecule has 4 nitrogen and oxygen atoms in total. The van der Waals surface area contributed by atoms with Gasteiger partial charge in [0.1, 0.15) is 11.6 Å². The molecule has 2 N–H and O–H groups in total. The van der Waals surface area contributed by atoms with Crippen LogP contribution in [0.2, 0.25) is 0 Å². The van der Waals surface area contributed by atoms with E-state index in [9.17, 15) is 0 Å². The molecule has 0 unspecified atom stereocenters. The van der Waals surface area contributed by atoms with Crippen LogP contribution in [0.1, 0.15) is 11.6 Å². The standard InChI is InChI=1S/2C8H8N2.4ClH.Ti/c2*1-6-9-7-4-2-3-5-8(7)10-6;;;;;/h2*2-5H,1H3,(H,9,10);4*1H;/q;;;;;;+4/p-4. The van der Waals surface area contributed by atoms with Crippen molar-refractivity contribution in [3.05, 3.63) is 60.2 Å². The van der Waals surface area contributed by atoms with Gasteiger partial charge in [0, 0.05) is 0 Å². The number of nitrogens with zero attached hydrogens (tertiary/aromatic N) is 2. The van der Waals surface area contributed by atoms with Crippen LogP contribution in [0.25, 0.3) is 22.1 Å². The van der Waals surface area contributed by atoms with Crippen molar-refractivity contribution >= 4 is 59.3 Å². The molecule has 0 spiro atoms. The number of benzene rings is 2. The van der Waals surface area contributed by atoms with Crippen LogP contribution in [-0.4, -0.2) is 19.9 Å². The monoisotopic (exact) mass is 452 g/mol. The van der Waals surface area contributed by atoms with Gasteiger partial charge >= 0.3 is 49.6 Å². The molecule has 4 aromatic rings. The number of rotatable bonds is 0. The first-order chi connectivity index (χ1) is 11.7. The number of hydrogen-bond donors (Lipinski definition) is 2. The zero-order valence-electron chi connectivity index (χ0n) is 13.5. The van der Waals surface area contributed by atoms with E-state index in [0.717, 1.165) is 33.7 Å². The van der Waals surface area contributed by atoms with Gasteiger partial charge in [-0.1, -0.05) is 24.3 Å². The van der Waals surface area contributed by atoms with E-state index < -0.39 is 12.3 Å². The number of hydrogen-bond acceptors (Lipinski definition) is 2. The predicted octanol–water partition coefficient (Wildman–Crippen LogP) is 6.50. The zero-order chi connectivity index (χ0) is 18.4. The summed E-state index contributed by atoms with van der Waals surface area (Å²) in [6.45, 7) is 3.92. The molecule has 0 aliphatic heterocycles. The molecular weight excluding hydrogens is 438 g/mol. The van der Waals surface area contributed by atoms with Crippen molar-refractivity contribution in [3.63, 3.8) is 0 Å². The zero-order valence-corrected chi connectivity index (χ0v) is 18.1. The molecule has 2 heterocycles. The molecule has 4 rings (SSSR count). The predicted molar refractivity (Wildman–Crippen MR) is 105 cm³/mol. The molecule has 2 aromatic heterocycles. The number of H-pyrrole nitrogens is 2. The second-order valence-corrected chi connectivity index (χ2v) is 20.6. The molecule has 2 aromatic carbocycles. The average molecular weight is 454 g/mol. The molecule has 0 bridgehead atoms. The number of para-hydroxylation sites is 4. The van der Waals surface area contributed by atoms with Gasteiger partial charge in [0.05, 0.1) is 22.1 Å². The Kier molecular flexibility index (Phi) is 7.62. The molecule has 0 aliphatic rings. The normalized spacial score (nSPS) is 10.8. The SMILES string of the molecule is Cc1nc2ccccc2[nH]1.Cc1nc2ccccc2[nH]1.[Cl][Ti]([Cl])([Cl])[Cl]. The third-order valence-corrected chi connectivity index (χ3v) is 3.02. The first-order valence-corrected chi connectivity index (χ1v) is 15.9. The van der Waals surface area contributed by atoms with Crippen LogP contribution in [0.15, 0.2) is 48.5 Å². The van der Waals surface area contributed by atoms with Crippen LogP contribution < -0.4 is 0 Å². The Labute approximate surface area is 164 Å². The number of aromatic nitrogens is 4. The summed E-state index contributed by atoms with van der Waals surface area (Å²) in [6.07, 6.45) is 0. The molecule has 132 valence electrons. The summed E-state index contributed by atoms with van der Waals surface area (Å²) in [7, 11) is 20.1. The fourth-order valence-corrected chi connectivity index (χ4v) is 2.16. The number of aryl methyl sites for hydroxylation is 2. The van der Waals surface area contributed by atoms with Gasteiger partial charge in [-0.2, -0.15) is 0 Å². The van der Waals surface area contributed by atoms with Gasteiger partial charge in [-0.15, -0.1) is 0 Å². The van der Waals surface area contributed by atoms with Crippen LogP contribution in [0.5, 0.6) is 0 Å². The first-order valence-electron chi connectivity index (χ1n) is 7.31. The fraction of sp³-hybridized carbons (Fsp3) is 0.125.